The fourth-order valence-electron chi connectivity index (χ4n) is 1.93. The molecule has 0 aliphatic rings. The number of nitrogens with zero attached hydrogens (tertiary/aromatic N) is 1. The van der Waals surface area contributed by atoms with Gasteiger partial charge in [0.25, 0.3) is 5.91 Å². The molecule has 0 aliphatic carbocycles. The van der Waals surface area contributed by atoms with Crippen LogP contribution in [0.5, 0.6) is 0 Å². The molecule has 2 aromatic rings. The molecule has 1 atom stereocenters. The van der Waals surface area contributed by atoms with Crippen molar-refractivity contribution in [2.75, 3.05) is 7.05 Å². The first kappa shape index (κ1) is 18.6. The summed E-state index contributed by atoms with van der Waals surface area (Å²) in [6, 6.07) is 7.28. The van der Waals surface area contributed by atoms with Gasteiger partial charge < -0.3 is 10.1 Å². The third-order valence-corrected chi connectivity index (χ3v) is 4.26. The van der Waals surface area contributed by atoms with E-state index in [4.69, 9.17) is 4.74 Å². The summed E-state index contributed by atoms with van der Waals surface area (Å²) in [5.74, 6) is -1.27. The summed E-state index contributed by atoms with van der Waals surface area (Å²) in [7, 11) is 1.38. The highest BCUT2D eigenvalue weighted by Gasteiger charge is 2.20. The fraction of sp³-hybridized carbons (Fsp3) is 0.294. The Kier molecular flexibility index (Phi) is 6.24. The highest BCUT2D eigenvalue weighted by atomic mass is 32.1. The van der Waals surface area contributed by atoms with Gasteiger partial charge in [0, 0.05) is 18.0 Å². The second kappa shape index (κ2) is 8.39. The standard InChI is InChI=1S/C17H19N3O4S/c1-10-4-6-12(7-5-10)16-19-13(9-25-16)8-14(21)24-11(2)15(22)20-17(23)18-3/h4-7,9,11H,8H2,1-3H3,(H2,18,20,22,23)/t11-/m0/s1. The fourth-order valence-corrected chi connectivity index (χ4v) is 2.76. The van der Waals surface area contributed by atoms with Gasteiger partial charge in [-0.1, -0.05) is 29.8 Å². The number of carbonyl (C=O) groups excluding carboxylic acids is 3. The number of esters is 1. The van der Waals surface area contributed by atoms with Gasteiger partial charge in [-0.25, -0.2) is 9.78 Å². The van der Waals surface area contributed by atoms with Crippen molar-refractivity contribution < 1.29 is 19.1 Å². The van der Waals surface area contributed by atoms with Crippen LogP contribution in [0.2, 0.25) is 0 Å². The van der Waals surface area contributed by atoms with Crippen LogP contribution in [0.1, 0.15) is 18.2 Å². The number of rotatable bonds is 5. The van der Waals surface area contributed by atoms with Gasteiger partial charge in [0.1, 0.15) is 5.01 Å². The Morgan fingerprint density at radius 1 is 1.24 bits per heavy atom. The minimum atomic E-state index is -1.07. The van der Waals surface area contributed by atoms with Crippen molar-refractivity contribution >= 4 is 29.2 Å². The summed E-state index contributed by atoms with van der Waals surface area (Å²) in [5, 5.41) is 6.89. The van der Waals surface area contributed by atoms with E-state index in [1.807, 2.05) is 36.5 Å². The van der Waals surface area contributed by atoms with Gasteiger partial charge in [0.15, 0.2) is 6.10 Å². The lowest BCUT2D eigenvalue weighted by molar-refractivity contribution is -0.153. The lowest BCUT2D eigenvalue weighted by Gasteiger charge is -2.12. The highest BCUT2D eigenvalue weighted by molar-refractivity contribution is 7.13. The molecule has 0 aliphatic heterocycles. The van der Waals surface area contributed by atoms with Crippen molar-refractivity contribution in [2.24, 2.45) is 0 Å². The first-order valence-corrected chi connectivity index (χ1v) is 8.50. The molecule has 2 rings (SSSR count). The topological polar surface area (TPSA) is 97.4 Å². The van der Waals surface area contributed by atoms with Crippen LogP contribution >= 0.6 is 11.3 Å². The largest absolute Gasteiger partial charge is 0.452 e. The van der Waals surface area contributed by atoms with Gasteiger partial charge in [-0.05, 0) is 13.8 Å². The minimum Gasteiger partial charge on any atom is -0.452 e. The summed E-state index contributed by atoms with van der Waals surface area (Å²) in [6.07, 6.45) is -1.11. The van der Waals surface area contributed by atoms with Crippen molar-refractivity contribution in [1.82, 2.24) is 15.6 Å². The number of urea groups is 1. The number of hydrogen-bond acceptors (Lipinski definition) is 6. The van der Waals surface area contributed by atoms with Gasteiger partial charge in [-0.3, -0.25) is 14.9 Å². The van der Waals surface area contributed by atoms with E-state index in [1.54, 1.807) is 5.38 Å². The highest BCUT2D eigenvalue weighted by Crippen LogP contribution is 2.24. The maximum absolute atomic E-state index is 11.9. The molecule has 1 aromatic heterocycles. The van der Waals surface area contributed by atoms with E-state index in [2.05, 4.69) is 10.3 Å². The smallest absolute Gasteiger partial charge is 0.321 e. The SMILES string of the molecule is CNC(=O)NC(=O)[C@H](C)OC(=O)Cc1csc(-c2ccc(C)cc2)n1. The quantitative estimate of drug-likeness (QED) is 0.795. The molecule has 8 heteroatoms. The zero-order chi connectivity index (χ0) is 18.4. The van der Waals surface area contributed by atoms with Crippen molar-refractivity contribution in [2.45, 2.75) is 26.4 Å². The van der Waals surface area contributed by atoms with Crippen LogP contribution in [0.25, 0.3) is 10.6 Å². The second-order valence-electron chi connectivity index (χ2n) is 5.39. The molecule has 0 spiro atoms. The Morgan fingerprint density at radius 3 is 2.56 bits per heavy atom. The van der Waals surface area contributed by atoms with Crippen LogP contribution < -0.4 is 10.6 Å². The lowest BCUT2D eigenvalue weighted by Crippen LogP contribution is -2.43. The monoisotopic (exact) mass is 361 g/mol. The first-order valence-electron chi connectivity index (χ1n) is 7.62. The first-order chi connectivity index (χ1) is 11.9. The van der Waals surface area contributed by atoms with E-state index in [9.17, 15) is 14.4 Å². The van der Waals surface area contributed by atoms with Crippen molar-refractivity contribution in [3.05, 3.63) is 40.9 Å². The molecule has 0 radical (unpaired) electrons. The number of benzene rings is 1. The van der Waals surface area contributed by atoms with Crippen molar-refractivity contribution in [3.63, 3.8) is 0 Å². The van der Waals surface area contributed by atoms with Crippen LogP contribution in [-0.4, -0.2) is 36.0 Å². The van der Waals surface area contributed by atoms with E-state index in [0.717, 1.165) is 16.1 Å². The molecule has 0 saturated carbocycles. The molecule has 3 amide bonds. The van der Waals surface area contributed by atoms with E-state index in [-0.39, 0.29) is 6.42 Å². The molecular formula is C17H19N3O4S. The number of nitrogens with one attached hydrogen (secondary N) is 2. The van der Waals surface area contributed by atoms with Gasteiger partial charge in [0.05, 0.1) is 12.1 Å². The molecule has 0 fully saturated rings. The molecule has 0 bridgehead atoms. The number of amides is 3. The summed E-state index contributed by atoms with van der Waals surface area (Å²) in [4.78, 5) is 39.1. The lowest BCUT2D eigenvalue weighted by atomic mass is 10.2. The van der Waals surface area contributed by atoms with Gasteiger partial charge in [-0.15, -0.1) is 11.3 Å². The van der Waals surface area contributed by atoms with Gasteiger partial charge in [-0.2, -0.15) is 0 Å². The molecule has 25 heavy (non-hydrogen) atoms. The number of carbonyl (C=O) groups is 3. The minimum absolute atomic E-state index is 0.0417. The molecule has 7 nitrogen and oxygen atoms in total. The number of hydrogen-bond donors (Lipinski definition) is 2. The van der Waals surface area contributed by atoms with Crippen LogP contribution in [0.15, 0.2) is 29.6 Å². The Hall–Kier alpha value is -2.74. The summed E-state index contributed by atoms with van der Waals surface area (Å²) >= 11 is 1.44. The van der Waals surface area contributed by atoms with E-state index in [0.29, 0.717) is 5.69 Å². The van der Waals surface area contributed by atoms with Crippen LogP contribution in [0, 0.1) is 6.92 Å². The Labute approximate surface area is 149 Å². The molecule has 132 valence electrons. The van der Waals surface area contributed by atoms with Crippen LogP contribution in [-0.2, 0) is 20.7 Å². The molecular weight excluding hydrogens is 342 g/mol. The predicted octanol–water partition coefficient (Wildman–Crippen LogP) is 2.05. The van der Waals surface area contributed by atoms with E-state index < -0.39 is 24.0 Å². The summed E-state index contributed by atoms with van der Waals surface area (Å²) in [6.45, 7) is 3.41. The number of thiazole rings is 1. The average molecular weight is 361 g/mol. The van der Waals surface area contributed by atoms with Gasteiger partial charge >= 0.3 is 12.0 Å². The Balaban J connectivity index is 1.91. The average Bonchev–Trinajstić information content (AvgIpc) is 3.03. The zero-order valence-corrected chi connectivity index (χ0v) is 15.0. The number of imide groups is 1. The van der Waals surface area contributed by atoms with Crippen molar-refractivity contribution in [3.8, 4) is 10.6 Å². The number of aryl methyl sites for hydroxylation is 1. The molecule has 2 N–H and O–H groups in total. The van der Waals surface area contributed by atoms with Crippen LogP contribution in [0.4, 0.5) is 4.79 Å². The summed E-state index contributed by atoms with van der Waals surface area (Å²) < 4.78 is 5.03. The van der Waals surface area contributed by atoms with Gasteiger partial charge in [0.2, 0.25) is 0 Å². The van der Waals surface area contributed by atoms with Crippen molar-refractivity contribution in [1.29, 1.82) is 0 Å². The Morgan fingerprint density at radius 2 is 1.92 bits per heavy atom. The summed E-state index contributed by atoms with van der Waals surface area (Å²) in [5.41, 5.74) is 2.71. The third-order valence-electron chi connectivity index (χ3n) is 3.32. The molecule has 1 heterocycles. The maximum atomic E-state index is 11.9. The van der Waals surface area contributed by atoms with Crippen LogP contribution in [0.3, 0.4) is 0 Å². The Bertz CT molecular complexity index is 770. The number of aromatic nitrogens is 1. The van der Waals surface area contributed by atoms with E-state index >= 15 is 0 Å². The second-order valence-corrected chi connectivity index (χ2v) is 6.25. The van der Waals surface area contributed by atoms with E-state index in [1.165, 1.54) is 25.3 Å². The molecule has 0 unspecified atom stereocenters. The maximum Gasteiger partial charge on any atom is 0.321 e. The number of ether oxygens (including phenoxy) is 1. The molecule has 1 aromatic carbocycles. The molecule has 0 saturated heterocycles. The normalized spacial score (nSPS) is 11.5. The third kappa shape index (κ3) is 5.39. The zero-order valence-electron chi connectivity index (χ0n) is 14.2. The predicted molar refractivity (Wildman–Crippen MR) is 94.1 cm³/mol.